The summed E-state index contributed by atoms with van der Waals surface area (Å²) >= 11 is 6.04. The largest absolute Gasteiger partial charge is 0.198 e. The number of nitriles is 1. The zero-order chi connectivity index (χ0) is 9.90. The molecule has 0 saturated heterocycles. The Morgan fingerprint density at radius 1 is 1.38 bits per heavy atom. The maximum Gasteiger partial charge on any atom is 0.0630 e. The molecule has 0 N–H and O–H groups in total. The molecule has 0 saturated carbocycles. The highest BCUT2D eigenvalue weighted by molar-refractivity contribution is 6.31. The van der Waals surface area contributed by atoms with E-state index in [9.17, 15) is 0 Å². The summed E-state index contributed by atoms with van der Waals surface area (Å²) in [5, 5.41) is 9.40. The lowest BCUT2D eigenvalue weighted by atomic mass is 9.82. The van der Waals surface area contributed by atoms with Gasteiger partial charge < -0.3 is 0 Å². The van der Waals surface area contributed by atoms with E-state index in [4.69, 9.17) is 16.9 Å². The second-order valence-electron chi connectivity index (χ2n) is 3.70. The van der Waals surface area contributed by atoms with Crippen molar-refractivity contribution in [3.63, 3.8) is 0 Å². The van der Waals surface area contributed by atoms with Gasteiger partial charge in [-0.1, -0.05) is 43.6 Å². The fraction of sp³-hybridized carbons (Fsp3) is 0.364. The quantitative estimate of drug-likeness (QED) is 0.705. The van der Waals surface area contributed by atoms with Crippen LogP contribution in [0.25, 0.3) is 0 Å². The summed E-state index contributed by atoms with van der Waals surface area (Å²) in [5.74, 6) is 0. The smallest absolute Gasteiger partial charge is 0.0630 e. The summed E-state index contributed by atoms with van der Waals surface area (Å²) in [6.45, 7) is 4.05. The highest BCUT2D eigenvalue weighted by Gasteiger charge is 2.22. The lowest BCUT2D eigenvalue weighted by molar-refractivity contribution is 0.540. The highest BCUT2D eigenvalue weighted by Crippen LogP contribution is 2.31. The van der Waals surface area contributed by atoms with Gasteiger partial charge in [-0.3, -0.25) is 0 Å². The Bertz CT molecular complexity index is 336. The Morgan fingerprint density at radius 3 is 2.54 bits per heavy atom. The zero-order valence-corrected chi connectivity index (χ0v) is 8.60. The molecule has 0 bridgehead atoms. The molecule has 2 heteroatoms. The first-order chi connectivity index (χ1) is 6.08. The Morgan fingerprint density at radius 2 is 2.00 bits per heavy atom. The van der Waals surface area contributed by atoms with Crippen LogP contribution in [-0.2, 0) is 5.41 Å². The van der Waals surface area contributed by atoms with E-state index >= 15 is 0 Å². The van der Waals surface area contributed by atoms with Crippen LogP contribution in [0.15, 0.2) is 24.3 Å². The Hall–Kier alpha value is -1.00. The van der Waals surface area contributed by atoms with E-state index in [-0.39, 0.29) is 5.41 Å². The lowest BCUT2D eigenvalue weighted by Gasteiger charge is -2.22. The molecule has 13 heavy (non-hydrogen) atoms. The maximum absolute atomic E-state index is 8.66. The maximum atomic E-state index is 8.66. The minimum Gasteiger partial charge on any atom is -0.198 e. The first-order valence-electron chi connectivity index (χ1n) is 4.20. The second kappa shape index (κ2) is 3.81. The van der Waals surface area contributed by atoms with Gasteiger partial charge in [-0.2, -0.15) is 5.26 Å². The van der Waals surface area contributed by atoms with Crippen LogP contribution < -0.4 is 0 Å². The topological polar surface area (TPSA) is 23.8 Å². The van der Waals surface area contributed by atoms with Crippen molar-refractivity contribution < 1.29 is 0 Å². The number of rotatable bonds is 2. The third-order valence-corrected chi connectivity index (χ3v) is 2.45. The third kappa shape index (κ3) is 2.23. The van der Waals surface area contributed by atoms with Crippen LogP contribution in [0.2, 0.25) is 5.02 Å². The van der Waals surface area contributed by atoms with Crippen LogP contribution in [0.1, 0.15) is 25.8 Å². The third-order valence-electron chi connectivity index (χ3n) is 2.12. The first-order valence-corrected chi connectivity index (χ1v) is 4.58. The lowest BCUT2D eigenvalue weighted by Crippen LogP contribution is -2.16. The molecule has 0 radical (unpaired) electrons. The molecule has 0 aliphatic heterocycles. The minimum atomic E-state index is -0.160. The molecule has 0 unspecified atom stereocenters. The van der Waals surface area contributed by atoms with Crippen molar-refractivity contribution in [1.29, 1.82) is 5.26 Å². The van der Waals surface area contributed by atoms with Gasteiger partial charge in [-0.05, 0) is 11.6 Å². The standard InChI is InChI=1S/C11H12ClN/c1-11(2,7-8-13)9-5-3-4-6-10(9)12/h3-6H,7H2,1-2H3. The fourth-order valence-electron chi connectivity index (χ4n) is 1.30. The molecule has 1 rings (SSSR count). The van der Waals surface area contributed by atoms with Crippen molar-refractivity contribution in [2.75, 3.05) is 0 Å². The summed E-state index contributed by atoms with van der Waals surface area (Å²) in [6.07, 6.45) is 0.483. The van der Waals surface area contributed by atoms with Gasteiger partial charge in [0.15, 0.2) is 0 Å². The summed E-state index contributed by atoms with van der Waals surface area (Å²) in [4.78, 5) is 0. The predicted octanol–water partition coefficient (Wildman–Crippen LogP) is 3.53. The van der Waals surface area contributed by atoms with Gasteiger partial charge in [-0.25, -0.2) is 0 Å². The number of hydrogen-bond donors (Lipinski definition) is 0. The minimum absolute atomic E-state index is 0.160. The molecule has 0 fully saturated rings. The van der Waals surface area contributed by atoms with Crippen molar-refractivity contribution in [2.24, 2.45) is 0 Å². The molecule has 0 aliphatic carbocycles. The Labute approximate surface area is 84.0 Å². The van der Waals surface area contributed by atoms with E-state index in [2.05, 4.69) is 6.07 Å². The number of benzene rings is 1. The van der Waals surface area contributed by atoms with Crippen LogP contribution in [0.4, 0.5) is 0 Å². The van der Waals surface area contributed by atoms with Crippen molar-refractivity contribution in [3.05, 3.63) is 34.9 Å². The van der Waals surface area contributed by atoms with Crippen molar-refractivity contribution in [2.45, 2.75) is 25.7 Å². The molecule has 1 aromatic carbocycles. The molecule has 0 heterocycles. The molecule has 1 nitrogen and oxygen atoms in total. The number of nitrogens with zero attached hydrogens (tertiary/aromatic N) is 1. The predicted molar refractivity (Wildman–Crippen MR) is 54.7 cm³/mol. The number of halogens is 1. The van der Waals surface area contributed by atoms with E-state index in [0.29, 0.717) is 6.42 Å². The summed E-state index contributed by atoms with van der Waals surface area (Å²) in [6, 6.07) is 9.85. The van der Waals surface area contributed by atoms with E-state index in [1.165, 1.54) is 0 Å². The second-order valence-corrected chi connectivity index (χ2v) is 4.11. The van der Waals surface area contributed by atoms with Gasteiger partial charge in [-0.15, -0.1) is 0 Å². The van der Waals surface area contributed by atoms with Crippen LogP contribution in [0.5, 0.6) is 0 Å². The first kappa shape index (κ1) is 10.1. The molecule has 1 aromatic rings. The van der Waals surface area contributed by atoms with Gasteiger partial charge in [0.05, 0.1) is 6.07 Å². The monoisotopic (exact) mass is 193 g/mol. The Kier molecular flexibility index (Phi) is 2.95. The van der Waals surface area contributed by atoms with Crippen LogP contribution in [0, 0.1) is 11.3 Å². The normalized spacial score (nSPS) is 10.9. The average molecular weight is 194 g/mol. The van der Waals surface area contributed by atoms with Crippen molar-refractivity contribution in [1.82, 2.24) is 0 Å². The molecule has 0 amide bonds. The van der Waals surface area contributed by atoms with E-state index in [1.54, 1.807) is 0 Å². The van der Waals surface area contributed by atoms with Gasteiger partial charge in [0, 0.05) is 16.9 Å². The molecule has 0 aromatic heterocycles. The van der Waals surface area contributed by atoms with E-state index in [0.717, 1.165) is 10.6 Å². The van der Waals surface area contributed by atoms with Gasteiger partial charge in [0.2, 0.25) is 0 Å². The van der Waals surface area contributed by atoms with Crippen LogP contribution in [-0.4, -0.2) is 0 Å². The summed E-state index contributed by atoms with van der Waals surface area (Å²) in [7, 11) is 0. The van der Waals surface area contributed by atoms with Crippen LogP contribution in [0.3, 0.4) is 0 Å². The van der Waals surface area contributed by atoms with Gasteiger partial charge >= 0.3 is 0 Å². The molecule has 0 spiro atoms. The van der Waals surface area contributed by atoms with Gasteiger partial charge in [0.1, 0.15) is 0 Å². The number of hydrogen-bond acceptors (Lipinski definition) is 1. The van der Waals surface area contributed by atoms with E-state index < -0.39 is 0 Å². The van der Waals surface area contributed by atoms with Crippen LogP contribution >= 0.6 is 11.6 Å². The van der Waals surface area contributed by atoms with Gasteiger partial charge in [0.25, 0.3) is 0 Å². The summed E-state index contributed by atoms with van der Waals surface area (Å²) < 4.78 is 0. The average Bonchev–Trinajstić information content (AvgIpc) is 2.04. The summed E-state index contributed by atoms with van der Waals surface area (Å²) in [5.41, 5.74) is 0.880. The molecule has 68 valence electrons. The zero-order valence-electron chi connectivity index (χ0n) is 7.84. The SMILES string of the molecule is CC(C)(CC#N)c1ccccc1Cl. The van der Waals surface area contributed by atoms with E-state index in [1.807, 2.05) is 38.1 Å². The molecular formula is C11H12ClN. The van der Waals surface area contributed by atoms with Crippen molar-refractivity contribution in [3.8, 4) is 6.07 Å². The molecular weight excluding hydrogens is 182 g/mol. The fourth-order valence-corrected chi connectivity index (χ4v) is 1.69. The highest BCUT2D eigenvalue weighted by atomic mass is 35.5. The van der Waals surface area contributed by atoms with Crippen molar-refractivity contribution >= 4 is 11.6 Å². The molecule has 0 aliphatic rings. The Balaban J connectivity index is 3.08. The molecule has 0 atom stereocenters.